The standard InChI is InChI=1S/C20H23FINO2/c1-13(2)25-17-9-6-15(7-10-17)5-4-14(3)23-20(24)18-11-8-16(21)12-19(18)22/h6-14H,4-5H2,1-3H3,(H,23,24). The normalized spacial score (nSPS) is 12.1. The molecule has 2 aromatic rings. The molecule has 25 heavy (non-hydrogen) atoms. The summed E-state index contributed by atoms with van der Waals surface area (Å²) in [6.45, 7) is 5.98. The van der Waals surface area contributed by atoms with Crippen molar-refractivity contribution in [1.82, 2.24) is 5.32 Å². The highest BCUT2D eigenvalue weighted by molar-refractivity contribution is 14.1. The molecule has 0 heterocycles. The van der Waals surface area contributed by atoms with Crippen LogP contribution in [0.2, 0.25) is 0 Å². The van der Waals surface area contributed by atoms with Crippen LogP contribution in [0.4, 0.5) is 4.39 Å². The van der Waals surface area contributed by atoms with Crippen LogP contribution in [-0.2, 0) is 6.42 Å². The maximum absolute atomic E-state index is 13.1. The second-order valence-electron chi connectivity index (χ2n) is 6.35. The molecule has 1 atom stereocenters. The molecule has 0 aliphatic carbocycles. The number of rotatable bonds is 7. The molecular formula is C20H23FINO2. The Morgan fingerprint density at radius 3 is 2.44 bits per heavy atom. The Morgan fingerprint density at radius 1 is 1.16 bits per heavy atom. The quantitative estimate of drug-likeness (QED) is 0.599. The van der Waals surface area contributed by atoms with E-state index in [1.807, 2.05) is 55.5 Å². The summed E-state index contributed by atoms with van der Waals surface area (Å²) in [7, 11) is 0. The lowest BCUT2D eigenvalue weighted by Gasteiger charge is -2.15. The van der Waals surface area contributed by atoms with Gasteiger partial charge in [-0.3, -0.25) is 4.79 Å². The first-order valence-electron chi connectivity index (χ1n) is 8.36. The van der Waals surface area contributed by atoms with E-state index in [0.717, 1.165) is 18.6 Å². The van der Waals surface area contributed by atoms with Crippen LogP contribution in [0.3, 0.4) is 0 Å². The second-order valence-corrected chi connectivity index (χ2v) is 7.51. The molecule has 1 amide bonds. The zero-order valence-corrected chi connectivity index (χ0v) is 16.8. The van der Waals surface area contributed by atoms with Crippen LogP contribution in [0.15, 0.2) is 42.5 Å². The minimum absolute atomic E-state index is 0.0277. The number of amides is 1. The molecule has 0 aliphatic heterocycles. The summed E-state index contributed by atoms with van der Waals surface area (Å²) in [5, 5.41) is 2.97. The molecule has 3 nitrogen and oxygen atoms in total. The zero-order chi connectivity index (χ0) is 18.4. The van der Waals surface area contributed by atoms with Gasteiger partial charge in [-0.05, 0) is 92.1 Å². The molecule has 1 N–H and O–H groups in total. The lowest BCUT2D eigenvalue weighted by Crippen LogP contribution is -2.33. The summed E-state index contributed by atoms with van der Waals surface area (Å²) in [4.78, 5) is 12.3. The number of hydrogen-bond acceptors (Lipinski definition) is 2. The molecule has 134 valence electrons. The van der Waals surface area contributed by atoms with E-state index in [2.05, 4.69) is 17.4 Å². The monoisotopic (exact) mass is 455 g/mol. The molecule has 0 aliphatic rings. The fourth-order valence-electron chi connectivity index (χ4n) is 2.44. The lowest BCUT2D eigenvalue weighted by atomic mass is 10.1. The van der Waals surface area contributed by atoms with E-state index < -0.39 is 0 Å². The fourth-order valence-corrected chi connectivity index (χ4v) is 3.16. The van der Waals surface area contributed by atoms with Crippen molar-refractivity contribution < 1.29 is 13.9 Å². The van der Waals surface area contributed by atoms with E-state index in [1.165, 1.54) is 23.8 Å². The second kappa shape index (κ2) is 9.17. The van der Waals surface area contributed by atoms with Gasteiger partial charge in [-0.1, -0.05) is 12.1 Å². The van der Waals surface area contributed by atoms with Gasteiger partial charge >= 0.3 is 0 Å². The predicted molar refractivity (Wildman–Crippen MR) is 107 cm³/mol. The first-order valence-corrected chi connectivity index (χ1v) is 9.44. The van der Waals surface area contributed by atoms with E-state index >= 15 is 0 Å². The highest BCUT2D eigenvalue weighted by Gasteiger charge is 2.13. The van der Waals surface area contributed by atoms with Gasteiger partial charge in [0.2, 0.25) is 0 Å². The van der Waals surface area contributed by atoms with Gasteiger partial charge in [-0.25, -0.2) is 4.39 Å². The molecule has 2 aromatic carbocycles. The molecule has 0 bridgehead atoms. The minimum Gasteiger partial charge on any atom is -0.491 e. The first kappa shape index (κ1) is 19.7. The van der Waals surface area contributed by atoms with Crippen molar-refractivity contribution >= 4 is 28.5 Å². The Morgan fingerprint density at radius 2 is 1.84 bits per heavy atom. The number of halogens is 2. The van der Waals surface area contributed by atoms with Gasteiger partial charge in [-0.2, -0.15) is 0 Å². The summed E-state index contributed by atoms with van der Waals surface area (Å²) in [6.07, 6.45) is 1.85. The van der Waals surface area contributed by atoms with Crippen LogP contribution in [0.1, 0.15) is 43.1 Å². The van der Waals surface area contributed by atoms with E-state index in [4.69, 9.17) is 4.74 Å². The average Bonchev–Trinajstić information content (AvgIpc) is 2.53. The Kier molecular flexibility index (Phi) is 7.23. The highest BCUT2D eigenvalue weighted by Crippen LogP contribution is 2.16. The van der Waals surface area contributed by atoms with Crippen molar-refractivity contribution in [2.45, 2.75) is 45.8 Å². The minimum atomic E-state index is -0.334. The van der Waals surface area contributed by atoms with Gasteiger partial charge in [0.1, 0.15) is 11.6 Å². The number of nitrogens with one attached hydrogen (secondary N) is 1. The van der Waals surface area contributed by atoms with Crippen LogP contribution in [0, 0.1) is 9.39 Å². The maximum Gasteiger partial charge on any atom is 0.252 e. The fraction of sp³-hybridized carbons (Fsp3) is 0.350. The van der Waals surface area contributed by atoms with Gasteiger partial charge in [0.25, 0.3) is 5.91 Å². The number of carbonyl (C=O) groups is 1. The average molecular weight is 455 g/mol. The molecule has 2 rings (SSSR count). The molecule has 0 spiro atoms. The third-order valence-electron chi connectivity index (χ3n) is 3.71. The Bertz CT molecular complexity index is 716. The van der Waals surface area contributed by atoms with Gasteiger partial charge < -0.3 is 10.1 Å². The van der Waals surface area contributed by atoms with Gasteiger partial charge in [-0.15, -0.1) is 0 Å². The predicted octanol–water partition coefficient (Wildman–Crippen LogP) is 4.97. The number of carbonyl (C=O) groups excluding carboxylic acids is 1. The van der Waals surface area contributed by atoms with Crippen molar-refractivity contribution in [2.24, 2.45) is 0 Å². The molecule has 5 heteroatoms. The molecule has 0 saturated heterocycles. The van der Waals surface area contributed by atoms with Gasteiger partial charge in [0, 0.05) is 9.61 Å². The zero-order valence-electron chi connectivity index (χ0n) is 14.7. The topological polar surface area (TPSA) is 38.3 Å². The van der Waals surface area contributed by atoms with E-state index in [1.54, 1.807) is 0 Å². The Balaban J connectivity index is 1.85. The summed E-state index contributed by atoms with van der Waals surface area (Å²) >= 11 is 1.98. The Hall–Kier alpha value is -1.63. The van der Waals surface area contributed by atoms with E-state index in [0.29, 0.717) is 9.13 Å². The summed E-state index contributed by atoms with van der Waals surface area (Å²) < 4.78 is 19.4. The molecular weight excluding hydrogens is 432 g/mol. The molecule has 0 aromatic heterocycles. The van der Waals surface area contributed by atoms with Crippen molar-refractivity contribution in [2.75, 3.05) is 0 Å². The van der Waals surface area contributed by atoms with Gasteiger partial charge in [0.05, 0.1) is 11.7 Å². The van der Waals surface area contributed by atoms with Crippen molar-refractivity contribution in [3.8, 4) is 5.75 Å². The maximum atomic E-state index is 13.1. The van der Waals surface area contributed by atoms with Crippen molar-refractivity contribution in [1.29, 1.82) is 0 Å². The van der Waals surface area contributed by atoms with Crippen molar-refractivity contribution in [3.05, 3.63) is 63.0 Å². The smallest absolute Gasteiger partial charge is 0.252 e. The molecule has 0 saturated carbocycles. The molecule has 0 radical (unpaired) electrons. The largest absolute Gasteiger partial charge is 0.491 e. The van der Waals surface area contributed by atoms with Crippen molar-refractivity contribution in [3.63, 3.8) is 0 Å². The lowest BCUT2D eigenvalue weighted by molar-refractivity contribution is 0.0937. The third-order valence-corrected chi connectivity index (χ3v) is 4.61. The number of hydrogen-bond donors (Lipinski definition) is 1. The van der Waals surface area contributed by atoms with Crippen LogP contribution in [-0.4, -0.2) is 18.1 Å². The third kappa shape index (κ3) is 6.30. The van der Waals surface area contributed by atoms with E-state index in [-0.39, 0.29) is 23.9 Å². The first-order chi connectivity index (χ1) is 11.8. The Labute approximate surface area is 162 Å². The van der Waals surface area contributed by atoms with Crippen LogP contribution < -0.4 is 10.1 Å². The highest BCUT2D eigenvalue weighted by atomic mass is 127. The molecule has 1 unspecified atom stereocenters. The number of aryl methyl sites for hydroxylation is 1. The summed E-state index contributed by atoms with van der Waals surface area (Å²) in [5.74, 6) is 0.363. The van der Waals surface area contributed by atoms with Crippen LogP contribution >= 0.6 is 22.6 Å². The molecule has 0 fully saturated rings. The van der Waals surface area contributed by atoms with E-state index in [9.17, 15) is 9.18 Å². The van der Waals surface area contributed by atoms with Gasteiger partial charge in [0.15, 0.2) is 0 Å². The van der Waals surface area contributed by atoms with Crippen LogP contribution in [0.5, 0.6) is 5.75 Å². The SMILES string of the molecule is CC(CCc1ccc(OC(C)C)cc1)NC(=O)c1ccc(F)cc1I. The number of ether oxygens (including phenoxy) is 1. The van der Waals surface area contributed by atoms with Crippen LogP contribution in [0.25, 0.3) is 0 Å². The number of benzene rings is 2. The summed E-state index contributed by atoms with van der Waals surface area (Å²) in [6, 6.07) is 12.3. The summed E-state index contributed by atoms with van der Waals surface area (Å²) in [5.41, 5.74) is 1.71.